The Hall–Kier alpha value is -2.60. The standard InChI is InChI=1S/C28H32F2N2O/c1-3-32-21-20-31(19-7-10-22-8-5-4-6-9-22)27(23-11-15-25(29)16-12-23)28(32,33-2)24-13-17-26(30)18-14-24/h4-6,8-9,11-18,27H,3,7,10,19-21H2,1-2H3. The van der Waals surface area contributed by atoms with Crippen LogP contribution in [0.15, 0.2) is 78.9 Å². The average molecular weight is 451 g/mol. The van der Waals surface area contributed by atoms with Gasteiger partial charge < -0.3 is 4.74 Å². The van der Waals surface area contributed by atoms with Crippen LogP contribution in [0.1, 0.15) is 36.1 Å². The molecule has 0 saturated carbocycles. The third-order valence-electron chi connectivity index (χ3n) is 6.75. The third kappa shape index (κ3) is 4.86. The van der Waals surface area contributed by atoms with E-state index in [4.69, 9.17) is 4.74 Å². The van der Waals surface area contributed by atoms with Crippen molar-refractivity contribution in [3.8, 4) is 0 Å². The van der Waals surface area contributed by atoms with Crippen molar-refractivity contribution in [1.29, 1.82) is 0 Å². The Balaban J connectivity index is 1.73. The lowest BCUT2D eigenvalue weighted by Gasteiger charge is -2.55. The second kappa shape index (κ2) is 10.6. The number of nitrogens with zero attached hydrogens (tertiary/aromatic N) is 2. The minimum absolute atomic E-state index is 0.168. The van der Waals surface area contributed by atoms with Crippen molar-refractivity contribution in [3.05, 3.63) is 107 Å². The van der Waals surface area contributed by atoms with Crippen molar-refractivity contribution in [1.82, 2.24) is 9.80 Å². The van der Waals surface area contributed by atoms with E-state index in [-0.39, 0.29) is 17.7 Å². The number of ether oxygens (including phenoxy) is 1. The molecule has 0 radical (unpaired) electrons. The van der Waals surface area contributed by atoms with Crippen LogP contribution < -0.4 is 0 Å². The molecule has 0 aromatic heterocycles. The predicted octanol–water partition coefficient (Wildman–Crippen LogP) is 5.78. The number of methoxy groups -OCH3 is 1. The van der Waals surface area contributed by atoms with Crippen molar-refractivity contribution in [2.45, 2.75) is 31.5 Å². The van der Waals surface area contributed by atoms with Crippen molar-refractivity contribution in [3.63, 3.8) is 0 Å². The Kier molecular flexibility index (Phi) is 7.53. The summed E-state index contributed by atoms with van der Waals surface area (Å²) in [6, 6.07) is 23.6. The van der Waals surface area contributed by atoms with Gasteiger partial charge in [-0.25, -0.2) is 8.78 Å². The zero-order valence-electron chi connectivity index (χ0n) is 19.4. The molecular formula is C28H32F2N2O. The summed E-state index contributed by atoms with van der Waals surface area (Å²) in [5.74, 6) is -0.538. The van der Waals surface area contributed by atoms with Crippen LogP contribution in [-0.2, 0) is 16.9 Å². The number of piperazine rings is 1. The van der Waals surface area contributed by atoms with E-state index in [9.17, 15) is 8.78 Å². The first-order valence-corrected chi connectivity index (χ1v) is 11.7. The van der Waals surface area contributed by atoms with E-state index in [0.29, 0.717) is 0 Å². The topological polar surface area (TPSA) is 15.7 Å². The van der Waals surface area contributed by atoms with Gasteiger partial charge in [0.25, 0.3) is 0 Å². The van der Waals surface area contributed by atoms with E-state index in [1.165, 1.54) is 29.8 Å². The van der Waals surface area contributed by atoms with Gasteiger partial charge >= 0.3 is 0 Å². The van der Waals surface area contributed by atoms with Gasteiger partial charge in [-0.05, 0) is 61.3 Å². The number of likely N-dealkylation sites (N-methyl/N-ethyl adjacent to an activating group) is 1. The highest BCUT2D eigenvalue weighted by Gasteiger charge is 2.51. The fourth-order valence-corrected chi connectivity index (χ4v) is 5.20. The maximum Gasteiger partial charge on any atom is 0.167 e. The van der Waals surface area contributed by atoms with E-state index >= 15 is 0 Å². The molecule has 0 amide bonds. The second-order valence-electron chi connectivity index (χ2n) is 8.57. The zero-order chi connectivity index (χ0) is 23.3. The summed E-state index contributed by atoms with van der Waals surface area (Å²) in [5, 5.41) is 0. The lowest BCUT2D eigenvalue weighted by molar-refractivity contribution is -0.217. The van der Waals surface area contributed by atoms with E-state index in [1.807, 2.05) is 30.3 Å². The number of aryl methyl sites for hydroxylation is 1. The van der Waals surface area contributed by atoms with Gasteiger partial charge in [-0.15, -0.1) is 0 Å². The minimum atomic E-state index is -0.814. The molecule has 5 heteroatoms. The molecule has 3 nitrogen and oxygen atoms in total. The van der Waals surface area contributed by atoms with Crippen LogP contribution in [0.3, 0.4) is 0 Å². The van der Waals surface area contributed by atoms with E-state index < -0.39 is 5.72 Å². The van der Waals surface area contributed by atoms with Gasteiger partial charge in [-0.1, -0.05) is 61.5 Å². The SMILES string of the molecule is CCN1CCN(CCCc2ccccc2)C(c2ccc(F)cc2)C1(OC)c1ccc(F)cc1. The molecule has 174 valence electrons. The number of hydrogen-bond acceptors (Lipinski definition) is 3. The molecule has 0 aliphatic carbocycles. The van der Waals surface area contributed by atoms with Crippen molar-refractivity contribution in [2.24, 2.45) is 0 Å². The zero-order valence-corrected chi connectivity index (χ0v) is 19.4. The summed E-state index contributed by atoms with van der Waals surface area (Å²) >= 11 is 0. The summed E-state index contributed by atoms with van der Waals surface area (Å²) in [6.07, 6.45) is 1.98. The molecular weight excluding hydrogens is 418 g/mol. The van der Waals surface area contributed by atoms with E-state index in [0.717, 1.165) is 50.1 Å². The Morgan fingerprint density at radius 2 is 1.52 bits per heavy atom. The van der Waals surface area contributed by atoms with Gasteiger partial charge in [0.15, 0.2) is 5.72 Å². The first kappa shape index (κ1) is 23.6. The molecule has 2 atom stereocenters. The van der Waals surface area contributed by atoms with E-state index in [1.54, 1.807) is 7.11 Å². The van der Waals surface area contributed by atoms with Gasteiger partial charge in [-0.2, -0.15) is 0 Å². The Bertz CT molecular complexity index is 1010. The largest absolute Gasteiger partial charge is 0.357 e. The summed E-state index contributed by atoms with van der Waals surface area (Å²) in [5.41, 5.74) is 2.39. The third-order valence-corrected chi connectivity index (χ3v) is 6.75. The van der Waals surface area contributed by atoms with Crippen LogP contribution in [0.5, 0.6) is 0 Å². The molecule has 0 bridgehead atoms. The molecule has 1 aliphatic rings. The maximum absolute atomic E-state index is 13.8. The molecule has 3 aromatic rings. The summed E-state index contributed by atoms with van der Waals surface area (Å²) in [6.45, 7) is 5.47. The van der Waals surface area contributed by atoms with Gasteiger partial charge in [-0.3, -0.25) is 9.80 Å². The predicted molar refractivity (Wildman–Crippen MR) is 128 cm³/mol. The molecule has 2 unspecified atom stereocenters. The van der Waals surface area contributed by atoms with Crippen LogP contribution >= 0.6 is 0 Å². The number of hydrogen-bond donors (Lipinski definition) is 0. The van der Waals surface area contributed by atoms with Crippen LogP contribution in [0, 0.1) is 11.6 Å². The lowest BCUT2D eigenvalue weighted by Crippen LogP contribution is -2.62. The lowest BCUT2D eigenvalue weighted by atomic mass is 9.84. The molecule has 0 spiro atoms. The first-order chi connectivity index (χ1) is 16.1. The fraction of sp³-hybridized carbons (Fsp3) is 0.357. The first-order valence-electron chi connectivity index (χ1n) is 11.7. The van der Waals surface area contributed by atoms with Crippen LogP contribution in [-0.4, -0.2) is 43.1 Å². The smallest absolute Gasteiger partial charge is 0.167 e. The highest BCUT2D eigenvalue weighted by molar-refractivity contribution is 5.32. The maximum atomic E-state index is 13.8. The average Bonchev–Trinajstić information content (AvgIpc) is 2.85. The molecule has 4 rings (SSSR count). The molecule has 33 heavy (non-hydrogen) atoms. The summed E-state index contributed by atoms with van der Waals surface area (Å²) < 4.78 is 34.0. The van der Waals surface area contributed by atoms with E-state index in [2.05, 4.69) is 41.0 Å². The van der Waals surface area contributed by atoms with Crippen molar-refractivity contribution < 1.29 is 13.5 Å². The number of halogens is 2. The fourth-order valence-electron chi connectivity index (χ4n) is 5.20. The summed E-state index contributed by atoms with van der Waals surface area (Å²) in [4.78, 5) is 4.75. The van der Waals surface area contributed by atoms with Crippen LogP contribution in [0.2, 0.25) is 0 Å². The molecule has 1 fully saturated rings. The van der Waals surface area contributed by atoms with Gasteiger partial charge in [0.2, 0.25) is 0 Å². The quantitative estimate of drug-likeness (QED) is 0.433. The molecule has 0 N–H and O–H groups in total. The summed E-state index contributed by atoms with van der Waals surface area (Å²) in [7, 11) is 1.72. The second-order valence-corrected chi connectivity index (χ2v) is 8.57. The molecule has 1 heterocycles. The Labute approximate surface area is 195 Å². The minimum Gasteiger partial charge on any atom is -0.357 e. The van der Waals surface area contributed by atoms with Gasteiger partial charge in [0.05, 0.1) is 6.04 Å². The number of rotatable bonds is 8. The molecule has 1 aliphatic heterocycles. The highest BCUT2D eigenvalue weighted by atomic mass is 19.1. The Morgan fingerprint density at radius 3 is 2.12 bits per heavy atom. The molecule has 3 aromatic carbocycles. The van der Waals surface area contributed by atoms with Gasteiger partial charge in [0.1, 0.15) is 11.6 Å². The monoisotopic (exact) mass is 450 g/mol. The number of benzene rings is 3. The van der Waals surface area contributed by atoms with Crippen molar-refractivity contribution >= 4 is 0 Å². The van der Waals surface area contributed by atoms with Gasteiger partial charge in [0, 0.05) is 25.8 Å². The molecule has 1 saturated heterocycles. The van der Waals surface area contributed by atoms with Crippen LogP contribution in [0.4, 0.5) is 8.78 Å². The van der Waals surface area contributed by atoms with Crippen LogP contribution in [0.25, 0.3) is 0 Å². The van der Waals surface area contributed by atoms with Crippen molar-refractivity contribution in [2.75, 3.05) is 33.3 Å². The Morgan fingerprint density at radius 1 is 0.879 bits per heavy atom. The normalized spacial score (nSPS) is 21.9. The highest BCUT2D eigenvalue weighted by Crippen LogP contribution is 2.47.